The van der Waals surface area contributed by atoms with Crippen molar-refractivity contribution in [3.8, 4) is 5.75 Å². The summed E-state index contributed by atoms with van der Waals surface area (Å²) in [6.45, 7) is 0.438. The van der Waals surface area contributed by atoms with Crippen molar-refractivity contribution in [2.75, 3.05) is 13.2 Å². The molecule has 0 spiro atoms. The smallest absolute Gasteiger partial charge is 0.240 e. The van der Waals surface area contributed by atoms with E-state index in [9.17, 15) is 8.42 Å². The summed E-state index contributed by atoms with van der Waals surface area (Å²) in [6, 6.07) is 15.1. The highest BCUT2D eigenvalue weighted by atomic mass is 35.5. The van der Waals surface area contributed by atoms with Crippen LogP contribution in [0.25, 0.3) is 0 Å². The topological polar surface area (TPSA) is 55.4 Å². The van der Waals surface area contributed by atoms with Gasteiger partial charge in [0.05, 0.1) is 4.90 Å². The summed E-state index contributed by atoms with van der Waals surface area (Å²) in [7, 11) is -3.47. The maximum Gasteiger partial charge on any atom is 0.240 e. The highest BCUT2D eigenvalue weighted by Crippen LogP contribution is 2.15. The molecule has 2 aromatic rings. The molecule has 0 atom stereocenters. The average molecular weight is 312 g/mol. The standard InChI is InChI=1S/C14H14ClNO3S/c15-12-6-8-13(9-7-12)19-11-10-16-20(17,18)14-4-2-1-3-5-14/h1-9,16H,10-11H2. The minimum Gasteiger partial charge on any atom is -0.492 e. The van der Waals surface area contributed by atoms with Crippen LogP contribution in [0.5, 0.6) is 5.75 Å². The molecule has 0 aromatic heterocycles. The van der Waals surface area contributed by atoms with Gasteiger partial charge in [0.1, 0.15) is 12.4 Å². The zero-order chi connectivity index (χ0) is 14.4. The van der Waals surface area contributed by atoms with Crippen molar-refractivity contribution in [2.45, 2.75) is 4.90 Å². The zero-order valence-corrected chi connectivity index (χ0v) is 12.2. The minimum absolute atomic E-state index is 0.194. The highest BCUT2D eigenvalue weighted by Gasteiger charge is 2.11. The van der Waals surface area contributed by atoms with Gasteiger partial charge in [-0.15, -0.1) is 0 Å². The van der Waals surface area contributed by atoms with E-state index in [4.69, 9.17) is 16.3 Å². The van der Waals surface area contributed by atoms with Crippen LogP contribution < -0.4 is 9.46 Å². The molecule has 0 fully saturated rings. The predicted molar refractivity (Wildman–Crippen MR) is 78.6 cm³/mol. The van der Waals surface area contributed by atoms with Crippen molar-refractivity contribution in [2.24, 2.45) is 0 Å². The lowest BCUT2D eigenvalue weighted by Gasteiger charge is -2.08. The van der Waals surface area contributed by atoms with E-state index in [1.165, 1.54) is 0 Å². The van der Waals surface area contributed by atoms with E-state index < -0.39 is 10.0 Å². The molecule has 0 radical (unpaired) electrons. The second kappa shape index (κ2) is 6.74. The molecular weight excluding hydrogens is 298 g/mol. The Morgan fingerprint density at radius 1 is 1.00 bits per heavy atom. The third-order valence-electron chi connectivity index (χ3n) is 2.53. The van der Waals surface area contributed by atoms with Gasteiger partial charge >= 0.3 is 0 Å². The van der Waals surface area contributed by atoms with E-state index in [0.717, 1.165) is 0 Å². The molecule has 6 heteroatoms. The van der Waals surface area contributed by atoms with E-state index in [0.29, 0.717) is 10.8 Å². The molecule has 2 aromatic carbocycles. The van der Waals surface area contributed by atoms with Crippen LogP contribution >= 0.6 is 11.6 Å². The van der Waals surface area contributed by atoms with Gasteiger partial charge in [0.15, 0.2) is 0 Å². The van der Waals surface area contributed by atoms with Crippen LogP contribution in [0.2, 0.25) is 5.02 Å². The monoisotopic (exact) mass is 311 g/mol. The molecule has 4 nitrogen and oxygen atoms in total. The van der Waals surface area contributed by atoms with E-state index in [-0.39, 0.29) is 18.0 Å². The number of ether oxygens (including phenoxy) is 1. The molecule has 1 N–H and O–H groups in total. The van der Waals surface area contributed by atoms with E-state index in [2.05, 4.69) is 4.72 Å². The summed E-state index contributed by atoms with van der Waals surface area (Å²) >= 11 is 5.75. The average Bonchev–Trinajstić information content (AvgIpc) is 2.46. The van der Waals surface area contributed by atoms with Crippen molar-refractivity contribution in [1.82, 2.24) is 4.72 Å². The molecule has 0 aliphatic heterocycles. The van der Waals surface area contributed by atoms with E-state index in [1.807, 2.05) is 0 Å². The van der Waals surface area contributed by atoms with Crippen LogP contribution in [0.3, 0.4) is 0 Å². The third-order valence-corrected chi connectivity index (χ3v) is 4.26. The number of halogens is 1. The molecule has 106 valence electrons. The number of hydrogen-bond donors (Lipinski definition) is 1. The summed E-state index contributed by atoms with van der Waals surface area (Å²) in [5.41, 5.74) is 0. The SMILES string of the molecule is O=S(=O)(NCCOc1ccc(Cl)cc1)c1ccccc1. The molecule has 0 aliphatic carbocycles. The summed E-state index contributed by atoms with van der Waals surface area (Å²) in [4.78, 5) is 0.242. The Hall–Kier alpha value is -1.56. The number of nitrogens with one attached hydrogen (secondary N) is 1. The van der Waals surface area contributed by atoms with Gasteiger partial charge in [-0.1, -0.05) is 29.8 Å². The van der Waals surface area contributed by atoms with Crippen LogP contribution in [0.4, 0.5) is 0 Å². The lowest BCUT2D eigenvalue weighted by molar-refractivity contribution is 0.323. The first kappa shape index (κ1) is 14.8. The van der Waals surface area contributed by atoms with Gasteiger partial charge in [-0.3, -0.25) is 0 Å². The Morgan fingerprint density at radius 3 is 2.30 bits per heavy atom. The van der Waals surface area contributed by atoms with Crippen molar-refractivity contribution < 1.29 is 13.2 Å². The Kier molecular flexibility index (Phi) is 5.00. The largest absolute Gasteiger partial charge is 0.492 e. The molecule has 0 bridgehead atoms. The van der Waals surface area contributed by atoms with E-state index in [1.54, 1.807) is 54.6 Å². The molecule has 0 heterocycles. The first-order valence-corrected chi connectivity index (χ1v) is 7.87. The molecule has 0 amide bonds. The molecular formula is C14H14ClNO3S. The third kappa shape index (κ3) is 4.23. The minimum atomic E-state index is -3.47. The second-order valence-corrected chi connectivity index (χ2v) is 6.22. The Balaban J connectivity index is 1.83. The molecule has 0 aliphatic rings. The first-order chi connectivity index (χ1) is 9.58. The predicted octanol–water partition coefficient (Wildman–Crippen LogP) is 2.70. The van der Waals surface area contributed by atoms with Crippen LogP contribution in [0, 0.1) is 0 Å². The molecule has 0 unspecified atom stereocenters. The fraction of sp³-hybridized carbons (Fsp3) is 0.143. The Labute approximate surface area is 123 Å². The van der Waals surface area contributed by atoms with Crippen LogP contribution in [0.15, 0.2) is 59.5 Å². The van der Waals surface area contributed by atoms with Gasteiger partial charge in [-0.2, -0.15) is 0 Å². The van der Waals surface area contributed by atoms with Gasteiger partial charge in [0.2, 0.25) is 10.0 Å². The van der Waals surface area contributed by atoms with Gasteiger partial charge in [0, 0.05) is 11.6 Å². The Bertz CT molecular complexity index is 642. The zero-order valence-electron chi connectivity index (χ0n) is 10.6. The number of benzene rings is 2. The Morgan fingerprint density at radius 2 is 1.65 bits per heavy atom. The molecule has 0 saturated heterocycles. The molecule has 20 heavy (non-hydrogen) atoms. The number of rotatable bonds is 6. The van der Waals surface area contributed by atoms with Crippen LogP contribution in [0.1, 0.15) is 0 Å². The maximum absolute atomic E-state index is 11.9. The lowest BCUT2D eigenvalue weighted by atomic mass is 10.3. The van der Waals surface area contributed by atoms with Crippen LogP contribution in [-0.2, 0) is 10.0 Å². The van der Waals surface area contributed by atoms with Crippen molar-refractivity contribution in [1.29, 1.82) is 0 Å². The van der Waals surface area contributed by atoms with Gasteiger partial charge in [-0.25, -0.2) is 13.1 Å². The second-order valence-electron chi connectivity index (χ2n) is 4.01. The summed E-state index contributed by atoms with van der Waals surface area (Å²) in [6.07, 6.45) is 0. The number of sulfonamides is 1. The normalized spacial score (nSPS) is 11.2. The molecule has 0 saturated carbocycles. The van der Waals surface area contributed by atoms with Crippen molar-refractivity contribution in [3.05, 3.63) is 59.6 Å². The van der Waals surface area contributed by atoms with Crippen molar-refractivity contribution in [3.63, 3.8) is 0 Å². The quantitative estimate of drug-likeness (QED) is 0.835. The van der Waals surface area contributed by atoms with Gasteiger partial charge in [-0.05, 0) is 36.4 Å². The maximum atomic E-state index is 11.9. The number of hydrogen-bond acceptors (Lipinski definition) is 3. The fourth-order valence-corrected chi connectivity index (χ4v) is 2.72. The molecule has 2 rings (SSSR count). The van der Waals surface area contributed by atoms with Crippen molar-refractivity contribution >= 4 is 21.6 Å². The fourth-order valence-electron chi connectivity index (χ4n) is 1.56. The van der Waals surface area contributed by atoms with Crippen LogP contribution in [-0.4, -0.2) is 21.6 Å². The van der Waals surface area contributed by atoms with E-state index >= 15 is 0 Å². The summed E-state index contributed by atoms with van der Waals surface area (Å²) < 4.78 is 31.7. The highest BCUT2D eigenvalue weighted by molar-refractivity contribution is 7.89. The first-order valence-electron chi connectivity index (χ1n) is 6.01. The summed E-state index contributed by atoms with van der Waals surface area (Å²) in [5, 5.41) is 0.627. The lowest BCUT2D eigenvalue weighted by Crippen LogP contribution is -2.28. The van der Waals surface area contributed by atoms with Gasteiger partial charge in [0.25, 0.3) is 0 Å². The summed E-state index contributed by atoms with van der Waals surface area (Å²) in [5.74, 6) is 0.647. The van der Waals surface area contributed by atoms with Gasteiger partial charge < -0.3 is 4.74 Å².